The number of rotatable bonds is 9. The molecular formula is C19H29NO4. The summed E-state index contributed by atoms with van der Waals surface area (Å²) in [5.41, 5.74) is 2.83. The number of carbonyl (C=O) groups is 2. The van der Waals surface area contributed by atoms with E-state index >= 15 is 0 Å². The molecule has 0 aliphatic carbocycles. The van der Waals surface area contributed by atoms with Crippen molar-refractivity contribution in [2.24, 2.45) is 5.92 Å². The summed E-state index contributed by atoms with van der Waals surface area (Å²) in [6, 6.07) is 5.87. The molecule has 0 saturated heterocycles. The lowest BCUT2D eigenvalue weighted by atomic mass is 10.1. The van der Waals surface area contributed by atoms with Crippen molar-refractivity contribution in [1.82, 2.24) is 0 Å². The van der Waals surface area contributed by atoms with Crippen LogP contribution in [-0.4, -0.2) is 31.2 Å². The van der Waals surface area contributed by atoms with Crippen LogP contribution in [0.3, 0.4) is 0 Å². The molecular weight excluding hydrogens is 306 g/mol. The molecule has 5 nitrogen and oxygen atoms in total. The SMILES string of the molecule is CCc1cccc(C)c1NC(=O)COC(=O)C(C)OCCC(C)C. The molecule has 0 aliphatic heterocycles. The molecule has 5 heteroatoms. The average Bonchev–Trinajstić information content (AvgIpc) is 2.53. The van der Waals surface area contributed by atoms with Gasteiger partial charge in [0.1, 0.15) is 0 Å². The number of anilines is 1. The molecule has 1 amide bonds. The molecule has 134 valence electrons. The predicted molar refractivity (Wildman–Crippen MR) is 95.0 cm³/mol. The van der Waals surface area contributed by atoms with E-state index in [-0.39, 0.29) is 12.5 Å². The van der Waals surface area contributed by atoms with Crippen molar-refractivity contribution in [2.45, 2.75) is 53.6 Å². The molecule has 24 heavy (non-hydrogen) atoms. The Bertz CT molecular complexity index is 554. The molecule has 1 aromatic rings. The molecule has 1 unspecified atom stereocenters. The van der Waals surface area contributed by atoms with E-state index in [2.05, 4.69) is 19.2 Å². The third kappa shape index (κ3) is 6.71. The van der Waals surface area contributed by atoms with Gasteiger partial charge in [0.15, 0.2) is 12.7 Å². The Hall–Kier alpha value is -1.88. The Kier molecular flexibility index (Phi) is 8.47. The van der Waals surface area contributed by atoms with Crippen LogP contribution in [-0.2, 0) is 25.5 Å². The van der Waals surface area contributed by atoms with Crippen molar-refractivity contribution in [3.8, 4) is 0 Å². The molecule has 0 aromatic heterocycles. The van der Waals surface area contributed by atoms with E-state index in [1.54, 1.807) is 6.92 Å². The lowest BCUT2D eigenvalue weighted by molar-refractivity contribution is -0.158. The summed E-state index contributed by atoms with van der Waals surface area (Å²) in [5.74, 6) is -0.350. The number of hydrogen-bond acceptors (Lipinski definition) is 4. The van der Waals surface area contributed by atoms with E-state index in [0.717, 1.165) is 29.7 Å². The minimum Gasteiger partial charge on any atom is -0.454 e. The summed E-state index contributed by atoms with van der Waals surface area (Å²) < 4.78 is 10.4. The van der Waals surface area contributed by atoms with Gasteiger partial charge in [-0.15, -0.1) is 0 Å². The fourth-order valence-corrected chi connectivity index (χ4v) is 2.18. The van der Waals surface area contributed by atoms with E-state index < -0.39 is 12.1 Å². The van der Waals surface area contributed by atoms with E-state index in [0.29, 0.717) is 12.5 Å². The second-order valence-corrected chi connectivity index (χ2v) is 6.31. The smallest absolute Gasteiger partial charge is 0.335 e. The van der Waals surface area contributed by atoms with E-state index in [4.69, 9.17) is 9.47 Å². The normalized spacial score (nSPS) is 12.1. The fourth-order valence-electron chi connectivity index (χ4n) is 2.18. The Morgan fingerprint density at radius 1 is 1.21 bits per heavy atom. The van der Waals surface area contributed by atoms with Gasteiger partial charge in [0, 0.05) is 12.3 Å². The minimum atomic E-state index is -0.666. The first-order chi connectivity index (χ1) is 11.3. The summed E-state index contributed by atoms with van der Waals surface area (Å²) in [5, 5.41) is 2.83. The topological polar surface area (TPSA) is 64.6 Å². The van der Waals surface area contributed by atoms with Gasteiger partial charge < -0.3 is 14.8 Å². The summed E-state index contributed by atoms with van der Waals surface area (Å²) in [7, 11) is 0. The zero-order chi connectivity index (χ0) is 18.1. The molecule has 1 N–H and O–H groups in total. The number of amides is 1. The molecule has 0 heterocycles. The number of benzene rings is 1. The van der Waals surface area contributed by atoms with Gasteiger partial charge in [-0.3, -0.25) is 4.79 Å². The summed E-state index contributed by atoms with van der Waals surface area (Å²) in [6.45, 7) is 9.97. The number of esters is 1. The highest BCUT2D eigenvalue weighted by atomic mass is 16.6. The highest BCUT2D eigenvalue weighted by molar-refractivity contribution is 5.94. The zero-order valence-corrected chi connectivity index (χ0v) is 15.3. The first-order valence-corrected chi connectivity index (χ1v) is 8.51. The van der Waals surface area contributed by atoms with Crippen molar-refractivity contribution in [3.05, 3.63) is 29.3 Å². The van der Waals surface area contributed by atoms with Gasteiger partial charge in [-0.1, -0.05) is 39.0 Å². The molecule has 0 bridgehead atoms. The Labute approximate surface area is 144 Å². The van der Waals surface area contributed by atoms with E-state index in [9.17, 15) is 9.59 Å². The van der Waals surface area contributed by atoms with Crippen LogP contribution in [0.4, 0.5) is 5.69 Å². The molecule has 0 spiro atoms. The van der Waals surface area contributed by atoms with Crippen LogP contribution >= 0.6 is 0 Å². The Morgan fingerprint density at radius 3 is 2.54 bits per heavy atom. The molecule has 0 radical (unpaired) electrons. The van der Waals surface area contributed by atoms with Crippen molar-refractivity contribution < 1.29 is 19.1 Å². The lowest BCUT2D eigenvalue weighted by Crippen LogP contribution is -2.28. The number of nitrogens with one attached hydrogen (secondary N) is 1. The van der Waals surface area contributed by atoms with Crippen molar-refractivity contribution in [1.29, 1.82) is 0 Å². The van der Waals surface area contributed by atoms with E-state index in [1.807, 2.05) is 32.0 Å². The average molecular weight is 335 g/mol. The highest BCUT2D eigenvalue weighted by Crippen LogP contribution is 2.20. The number of ether oxygens (including phenoxy) is 2. The monoisotopic (exact) mass is 335 g/mol. The Morgan fingerprint density at radius 2 is 1.92 bits per heavy atom. The minimum absolute atomic E-state index is 0.311. The summed E-state index contributed by atoms with van der Waals surface area (Å²) >= 11 is 0. The van der Waals surface area contributed by atoms with Gasteiger partial charge in [0.05, 0.1) is 0 Å². The molecule has 0 fully saturated rings. The molecule has 0 aliphatic rings. The van der Waals surface area contributed by atoms with Crippen LogP contribution in [0.5, 0.6) is 0 Å². The largest absolute Gasteiger partial charge is 0.454 e. The van der Waals surface area contributed by atoms with Crippen LogP contribution in [0.25, 0.3) is 0 Å². The number of para-hydroxylation sites is 1. The Balaban J connectivity index is 2.45. The second kappa shape index (κ2) is 10.1. The van der Waals surface area contributed by atoms with Gasteiger partial charge in [0.2, 0.25) is 0 Å². The summed E-state index contributed by atoms with van der Waals surface area (Å²) in [4.78, 5) is 23.9. The second-order valence-electron chi connectivity index (χ2n) is 6.31. The molecule has 1 atom stereocenters. The van der Waals surface area contributed by atoms with Crippen LogP contribution in [0, 0.1) is 12.8 Å². The first kappa shape index (κ1) is 20.2. The van der Waals surface area contributed by atoms with Crippen LogP contribution < -0.4 is 5.32 Å². The maximum absolute atomic E-state index is 12.0. The highest BCUT2D eigenvalue weighted by Gasteiger charge is 2.17. The van der Waals surface area contributed by atoms with Crippen LogP contribution in [0.1, 0.15) is 45.2 Å². The van der Waals surface area contributed by atoms with Gasteiger partial charge in [-0.2, -0.15) is 0 Å². The van der Waals surface area contributed by atoms with Gasteiger partial charge >= 0.3 is 5.97 Å². The van der Waals surface area contributed by atoms with Crippen molar-refractivity contribution in [2.75, 3.05) is 18.5 Å². The molecule has 1 aromatic carbocycles. The first-order valence-electron chi connectivity index (χ1n) is 8.51. The predicted octanol–water partition coefficient (Wildman–Crippen LogP) is 3.49. The van der Waals surface area contributed by atoms with Crippen LogP contribution in [0.15, 0.2) is 18.2 Å². The third-order valence-corrected chi connectivity index (χ3v) is 3.74. The van der Waals surface area contributed by atoms with Crippen molar-refractivity contribution in [3.63, 3.8) is 0 Å². The van der Waals surface area contributed by atoms with Gasteiger partial charge in [-0.05, 0) is 43.7 Å². The standard InChI is InChI=1S/C19H29NO4/c1-6-16-9-7-8-14(4)18(16)20-17(21)12-24-19(22)15(5)23-11-10-13(2)3/h7-9,13,15H,6,10-12H2,1-5H3,(H,20,21). The molecule has 1 rings (SSSR count). The number of hydrogen-bond donors (Lipinski definition) is 1. The zero-order valence-electron chi connectivity index (χ0n) is 15.3. The maximum Gasteiger partial charge on any atom is 0.335 e. The quantitative estimate of drug-likeness (QED) is 0.702. The maximum atomic E-state index is 12.0. The molecule has 0 saturated carbocycles. The fraction of sp³-hybridized carbons (Fsp3) is 0.579. The van der Waals surface area contributed by atoms with Crippen LogP contribution in [0.2, 0.25) is 0 Å². The lowest BCUT2D eigenvalue weighted by Gasteiger charge is -2.15. The van der Waals surface area contributed by atoms with E-state index in [1.165, 1.54) is 0 Å². The van der Waals surface area contributed by atoms with Crippen molar-refractivity contribution >= 4 is 17.6 Å². The number of aryl methyl sites for hydroxylation is 2. The van der Waals surface area contributed by atoms with Gasteiger partial charge in [0.25, 0.3) is 5.91 Å². The number of carbonyl (C=O) groups excluding carboxylic acids is 2. The third-order valence-electron chi connectivity index (χ3n) is 3.74. The summed E-state index contributed by atoms with van der Waals surface area (Å²) in [6.07, 6.45) is 1.03. The van der Waals surface area contributed by atoms with Gasteiger partial charge in [-0.25, -0.2) is 4.79 Å².